The maximum atomic E-state index is 8.39. The first-order valence-electron chi connectivity index (χ1n) is 5.12. The van der Waals surface area contributed by atoms with Crippen molar-refractivity contribution in [2.24, 2.45) is 0 Å². The molecule has 0 unspecified atom stereocenters. The van der Waals surface area contributed by atoms with Crippen molar-refractivity contribution < 1.29 is 0 Å². The maximum absolute atomic E-state index is 8.39. The Hall–Kier alpha value is -1.14. The fourth-order valence-corrected chi connectivity index (χ4v) is 1.92. The molecule has 1 N–H and O–H groups in total. The highest BCUT2D eigenvalue weighted by Crippen LogP contribution is 2.24. The van der Waals surface area contributed by atoms with Crippen LogP contribution in [0.5, 0.6) is 0 Å². The Bertz CT molecular complexity index is 331. The zero-order chi connectivity index (χ0) is 10.9. The molecule has 0 amide bonds. The molecule has 1 rings (SSSR count). The predicted octanol–water partition coefficient (Wildman–Crippen LogP) is 3.51. The molecule has 0 heterocycles. The summed E-state index contributed by atoms with van der Waals surface area (Å²) in [6, 6.07) is 10.5. The summed E-state index contributed by atoms with van der Waals surface area (Å²) in [6.45, 7) is 0.944. The quantitative estimate of drug-likeness (QED) is 0.588. The molecular formula is C12H16N2S. The van der Waals surface area contributed by atoms with E-state index in [0.717, 1.165) is 19.4 Å². The van der Waals surface area contributed by atoms with Crippen molar-refractivity contribution in [2.45, 2.75) is 24.2 Å². The van der Waals surface area contributed by atoms with Gasteiger partial charge >= 0.3 is 0 Å². The first-order chi connectivity index (χ1) is 7.38. The van der Waals surface area contributed by atoms with Gasteiger partial charge in [0.1, 0.15) is 0 Å². The third kappa shape index (κ3) is 4.26. The van der Waals surface area contributed by atoms with Gasteiger partial charge in [-0.15, -0.1) is 11.8 Å². The molecule has 3 heteroatoms. The molecular weight excluding hydrogens is 204 g/mol. The van der Waals surface area contributed by atoms with E-state index in [-0.39, 0.29) is 0 Å². The van der Waals surface area contributed by atoms with Crippen LogP contribution in [0.1, 0.15) is 19.3 Å². The summed E-state index contributed by atoms with van der Waals surface area (Å²) in [5.74, 6) is 0. The number of hydrogen-bond donors (Lipinski definition) is 1. The highest BCUT2D eigenvalue weighted by Gasteiger charge is 1.98. The Balaban J connectivity index is 2.34. The number of hydrogen-bond acceptors (Lipinski definition) is 3. The third-order valence-electron chi connectivity index (χ3n) is 2.14. The molecule has 0 fully saturated rings. The monoisotopic (exact) mass is 220 g/mol. The van der Waals surface area contributed by atoms with Crippen LogP contribution in [0.4, 0.5) is 5.69 Å². The number of nitriles is 1. The van der Waals surface area contributed by atoms with Crippen LogP contribution >= 0.6 is 11.8 Å². The zero-order valence-corrected chi connectivity index (χ0v) is 9.81. The molecule has 1 aromatic carbocycles. The number of anilines is 1. The highest BCUT2D eigenvalue weighted by atomic mass is 32.2. The summed E-state index contributed by atoms with van der Waals surface area (Å²) in [6.07, 6.45) is 4.77. The van der Waals surface area contributed by atoms with E-state index in [0.29, 0.717) is 6.42 Å². The van der Waals surface area contributed by atoms with E-state index < -0.39 is 0 Å². The van der Waals surface area contributed by atoms with Crippen LogP contribution in [-0.2, 0) is 0 Å². The van der Waals surface area contributed by atoms with E-state index in [2.05, 4.69) is 29.8 Å². The largest absolute Gasteiger partial charge is 0.384 e. The van der Waals surface area contributed by atoms with E-state index in [1.165, 1.54) is 10.6 Å². The van der Waals surface area contributed by atoms with Gasteiger partial charge in [0.05, 0.1) is 6.07 Å². The number of nitrogens with zero attached hydrogens (tertiary/aromatic N) is 1. The van der Waals surface area contributed by atoms with Crippen LogP contribution in [0.2, 0.25) is 0 Å². The van der Waals surface area contributed by atoms with Crippen LogP contribution < -0.4 is 5.32 Å². The Morgan fingerprint density at radius 3 is 2.87 bits per heavy atom. The predicted molar refractivity (Wildman–Crippen MR) is 66.2 cm³/mol. The van der Waals surface area contributed by atoms with Gasteiger partial charge in [-0.25, -0.2) is 0 Å². The molecule has 0 saturated carbocycles. The van der Waals surface area contributed by atoms with Gasteiger partial charge in [0.15, 0.2) is 0 Å². The standard InChI is InChI=1S/C12H16N2S/c1-15-12-8-4-3-7-11(12)14-10-6-2-5-9-13/h3-4,7-8,14H,2,5-6,10H2,1H3. The lowest BCUT2D eigenvalue weighted by atomic mass is 10.2. The van der Waals surface area contributed by atoms with Crippen LogP contribution in [0.3, 0.4) is 0 Å². The van der Waals surface area contributed by atoms with Crippen molar-refractivity contribution in [3.63, 3.8) is 0 Å². The van der Waals surface area contributed by atoms with Crippen LogP contribution in [0, 0.1) is 11.3 Å². The van der Waals surface area contributed by atoms with Crippen molar-refractivity contribution in [1.82, 2.24) is 0 Å². The van der Waals surface area contributed by atoms with Gasteiger partial charge in [0.2, 0.25) is 0 Å². The molecule has 1 aromatic rings. The lowest BCUT2D eigenvalue weighted by Gasteiger charge is -2.09. The lowest BCUT2D eigenvalue weighted by molar-refractivity contribution is 0.783. The van der Waals surface area contributed by atoms with Crippen molar-refractivity contribution in [2.75, 3.05) is 18.1 Å². The van der Waals surface area contributed by atoms with Gasteiger partial charge in [-0.2, -0.15) is 5.26 Å². The van der Waals surface area contributed by atoms with Gasteiger partial charge in [-0.3, -0.25) is 0 Å². The minimum Gasteiger partial charge on any atom is -0.384 e. The zero-order valence-electron chi connectivity index (χ0n) is 8.99. The average Bonchev–Trinajstić information content (AvgIpc) is 2.29. The summed E-state index contributed by atoms with van der Waals surface area (Å²) in [5, 5.41) is 11.8. The number of para-hydroxylation sites is 1. The van der Waals surface area contributed by atoms with E-state index >= 15 is 0 Å². The minimum atomic E-state index is 0.659. The van der Waals surface area contributed by atoms with Crippen molar-refractivity contribution in [3.8, 4) is 6.07 Å². The smallest absolute Gasteiger partial charge is 0.0621 e. The molecule has 0 aliphatic heterocycles. The SMILES string of the molecule is CSc1ccccc1NCCCCC#N. The molecule has 0 atom stereocenters. The van der Waals surface area contributed by atoms with Crippen molar-refractivity contribution in [3.05, 3.63) is 24.3 Å². The van der Waals surface area contributed by atoms with Gasteiger partial charge in [0, 0.05) is 23.5 Å². The van der Waals surface area contributed by atoms with Crippen molar-refractivity contribution in [1.29, 1.82) is 5.26 Å². The molecule has 2 nitrogen and oxygen atoms in total. The first-order valence-corrected chi connectivity index (χ1v) is 6.35. The van der Waals surface area contributed by atoms with Crippen LogP contribution in [-0.4, -0.2) is 12.8 Å². The number of thioether (sulfide) groups is 1. The number of benzene rings is 1. The normalized spacial score (nSPS) is 9.60. The molecule has 0 bridgehead atoms. The fraction of sp³-hybridized carbons (Fsp3) is 0.417. The Morgan fingerprint density at radius 1 is 1.33 bits per heavy atom. The second kappa shape index (κ2) is 7.19. The van der Waals surface area contributed by atoms with Crippen LogP contribution in [0.25, 0.3) is 0 Å². The van der Waals surface area contributed by atoms with E-state index in [1.807, 2.05) is 12.1 Å². The molecule has 0 aliphatic carbocycles. The van der Waals surface area contributed by atoms with Gasteiger partial charge in [-0.1, -0.05) is 12.1 Å². The first kappa shape index (κ1) is 11.9. The van der Waals surface area contributed by atoms with Gasteiger partial charge in [0.25, 0.3) is 0 Å². The van der Waals surface area contributed by atoms with E-state index in [9.17, 15) is 0 Å². The molecule has 0 aliphatic rings. The summed E-state index contributed by atoms with van der Waals surface area (Å²) < 4.78 is 0. The summed E-state index contributed by atoms with van der Waals surface area (Å²) >= 11 is 1.75. The fourth-order valence-electron chi connectivity index (χ4n) is 1.34. The maximum Gasteiger partial charge on any atom is 0.0621 e. The number of rotatable bonds is 6. The number of nitrogens with one attached hydrogen (secondary N) is 1. The van der Waals surface area contributed by atoms with Gasteiger partial charge in [-0.05, 0) is 31.2 Å². The van der Waals surface area contributed by atoms with E-state index in [1.54, 1.807) is 11.8 Å². The van der Waals surface area contributed by atoms with Crippen molar-refractivity contribution >= 4 is 17.4 Å². The summed E-state index contributed by atoms with van der Waals surface area (Å²) in [5.41, 5.74) is 1.20. The topological polar surface area (TPSA) is 35.8 Å². The van der Waals surface area contributed by atoms with Gasteiger partial charge < -0.3 is 5.32 Å². The third-order valence-corrected chi connectivity index (χ3v) is 2.93. The molecule has 0 saturated heterocycles. The highest BCUT2D eigenvalue weighted by molar-refractivity contribution is 7.98. The summed E-state index contributed by atoms with van der Waals surface area (Å²) in [4.78, 5) is 1.28. The Morgan fingerprint density at radius 2 is 2.13 bits per heavy atom. The molecule has 0 spiro atoms. The Labute approximate surface area is 95.7 Å². The second-order valence-corrected chi connectivity index (χ2v) is 4.09. The average molecular weight is 220 g/mol. The van der Waals surface area contributed by atoms with Crippen LogP contribution in [0.15, 0.2) is 29.2 Å². The molecule has 80 valence electrons. The molecule has 0 aromatic heterocycles. The lowest BCUT2D eigenvalue weighted by Crippen LogP contribution is -2.02. The number of unbranched alkanes of at least 4 members (excludes halogenated alkanes) is 2. The molecule has 0 radical (unpaired) electrons. The molecule has 15 heavy (non-hydrogen) atoms. The van der Waals surface area contributed by atoms with E-state index in [4.69, 9.17) is 5.26 Å². The Kier molecular flexibility index (Phi) is 5.72. The summed E-state index contributed by atoms with van der Waals surface area (Å²) in [7, 11) is 0. The second-order valence-electron chi connectivity index (χ2n) is 3.24. The minimum absolute atomic E-state index is 0.659.